The van der Waals surface area contributed by atoms with Crippen molar-refractivity contribution in [3.63, 3.8) is 0 Å². The zero-order valence-electron chi connectivity index (χ0n) is 11.8. The fraction of sp³-hybridized carbons (Fsp3) is 0.125. The lowest BCUT2D eigenvalue weighted by molar-refractivity contribution is -0.114. The predicted molar refractivity (Wildman–Crippen MR) is 81.6 cm³/mol. The van der Waals surface area contributed by atoms with Gasteiger partial charge in [0.2, 0.25) is 5.91 Å². The minimum atomic E-state index is -0.562. The van der Waals surface area contributed by atoms with Crippen LogP contribution in [0, 0.1) is 6.92 Å². The molecule has 2 aromatic rings. The number of benzene rings is 2. The molecule has 0 unspecified atom stereocenters. The number of carbonyl (C=O) groups is 2. The molecule has 2 amide bonds. The van der Waals surface area contributed by atoms with E-state index in [-0.39, 0.29) is 5.91 Å². The van der Waals surface area contributed by atoms with Crippen LogP contribution in [0.4, 0.5) is 16.2 Å². The van der Waals surface area contributed by atoms with Gasteiger partial charge < -0.3 is 10.1 Å². The summed E-state index contributed by atoms with van der Waals surface area (Å²) in [5.41, 5.74) is 2.37. The normalized spacial score (nSPS) is 9.81. The van der Waals surface area contributed by atoms with Crippen LogP contribution in [0.2, 0.25) is 0 Å². The highest BCUT2D eigenvalue weighted by molar-refractivity contribution is 5.89. The quantitative estimate of drug-likeness (QED) is 0.905. The van der Waals surface area contributed by atoms with Crippen molar-refractivity contribution in [1.29, 1.82) is 0 Å². The molecule has 108 valence electrons. The van der Waals surface area contributed by atoms with Crippen LogP contribution in [-0.2, 0) is 4.79 Å². The van der Waals surface area contributed by atoms with E-state index >= 15 is 0 Å². The Kier molecular flexibility index (Phi) is 4.56. The van der Waals surface area contributed by atoms with Crippen LogP contribution in [0.15, 0.2) is 48.5 Å². The average Bonchev–Trinajstić information content (AvgIpc) is 2.40. The van der Waals surface area contributed by atoms with Crippen LogP contribution in [-0.4, -0.2) is 12.0 Å². The van der Waals surface area contributed by atoms with Crippen molar-refractivity contribution in [2.24, 2.45) is 0 Å². The molecule has 5 heteroatoms. The van der Waals surface area contributed by atoms with E-state index in [1.807, 2.05) is 25.1 Å². The number of rotatable bonds is 3. The summed E-state index contributed by atoms with van der Waals surface area (Å²) in [6, 6.07) is 14.0. The van der Waals surface area contributed by atoms with Gasteiger partial charge in [0, 0.05) is 18.3 Å². The summed E-state index contributed by atoms with van der Waals surface area (Å²) >= 11 is 0. The van der Waals surface area contributed by atoms with Crippen LogP contribution in [0.1, 0.15) is 12.5 Å². The molecule has 2 aromatic carbocycles. The van der Waals surface area contributed by atoms with Gasteiger partial charge in [-0.3, -0.25) is 10.1 Å². The van der Waals surface area contributed by atoms with E-state index in [0.717, 1.165) is 5.56 Å². The van der Waals surface area contributed by atoms with Crippen LogP contribution in [0.25, 0.3) is 0 Å². The van der Waals surface area contributed by atoms with E-state index < -0.39 is 6.09 Å². The van der Waals surface area contributed by atoms with Crippen molar-refractivity contribution < 1.29 is 14.3 Å². The summed E-state index contributed by atoms with van der Waals surface area (Å²) in [4.78, 5) is 22.7. The molecule has 0 aromatic heterocycles. The van der Waals surface area contributed by atoms with Gasteiger partial charge >= 0.3 is 6.09 Å². The Morgan fingerprint density at radius 1 is 0.952 bits per heavy atom. The van der Waals surface area contributed by atoms with Gasteiger partial charge in [0.25, 0.3) is 0 Å². The number of nitrogens with one attached hydrogen (secondary N) is 2. The van der Waals surface area contributed by atoms with Gasteiger partial charge in [0.15, 0.2) is 0 Å². The maximum absolute atomic E-state index is 11.8. The highest BCUT2D eigenvalue weighted by atomic mass is 16.6. The molecule has 0 heterocycles. The number of anilines is 2. The second kappa shape index (κ2) is 6.56. The Morgan fingerprint density at radius 2 is 1.67 bits per heavy atom. The summed E-state index contributed by atoms with van der Waals surface area (Å²) in [5, 5.41) is 5.28. The third kappa shape index (κ3) is 4.65. The van der Waals surface area contributed by atoms with Gasteiger partial charge in [0.1, 0.15) is 5.75 Å². The number of aryl methyl sites for hydroxylation is 1. The third-order valence-electron chi connectivity index (χ3n) is 2.65. The molecule has 0 fully saturated rings. The van der Waals surface area contributed by atoms with Crippen molar-refractivity contribution in [1.82, 2.24) is 0 Å². The Labute approximate surface area is 122 Å². The van der Waals surface area contributed by atoms with Crippen molar-refractivity contribution in [3.8, 4) is 5.75 Å². The van der Waals surface area contributed by atoms with Gasteiger partial charge in [0.05, 0.1) is 0 Å². The predicted octanol–water partition coefficient (Wildman–Crippen LogP) is 3.56. The third-order valence-corrected chi connectivity index (χ3v) is 2.65. The number of carbonyl (C=O) groups excluding carboxylic acids is 2. The highest BCUT2D eigenvalue weighted by Gasteiger charge is 2.05. The van der Waals surface area contributed by atoms with Crippen molar-refractivity contribution >= 4 is 23.4 Å². The first kappa shape index (κ1) is 14.6. The van der Waals surface area contributed by atoms with Crippen LogP contribution >= 0.6 is 0 Å². The lowest BCUT2D eigenvalue weighted by atomic mass is 10.2. The zero-order valence-corrected chi connectivity index (χ0v) is 11.8. The maximum Gasteiger partial charge on any atom is 0.417 e. The van der Waals surface area contributed by atoms with E-state index in [2.05, 4.69) is 10.6 Å². The fourth-order valence-corrected chi connectivity index (χ4v) is 1.78. The monoisotopic (exact) mass is 284 g/mol. The number of amides is 2. The molecular formula is C16H16N2O3. The molecule has 0 spiro atoms. The van der Waals surface area contributed by atoms with E-state index in [4.69, 9.17) is 4.74 Å². The molecule has 0 radical (unpaired) electrons. The standard InChI is InChI=1S/C16H16N2O3/c1-11-4-3-5-14(10-11)18-16(20)21-15-8-6-13(7-9-15)17-12(2)19/h3-10H,1-2H3,(H,17,19)(H,18,20). The average molecular weight is 284 g/mol. The Morgan fingerprint density at radius 3 is 2.29 bits per heavy atom. The van der Waals surface area contributed by atoms with E-state index in [9.17, 15) is 9.59 Å². The first-order chi connectivity index (χ1) is 10.0. The van der Waals surface area contributed by atoms with Gasteiger partial charge in [-0.2, -0.15) is 0 Å². The molecule has 21 heavy (non-hydrogen) atoms. The molecule has 2 rings (SSSR count). The van der Waals surface area contributed by atoms with E-state index in [0.29, 0.717) is 17.1 Å². The summed E-state index contributed by atoms with van der Waals surface area (Å²) in [6.07, 6.45) is -0.562. The minimum absolute atomic E-state index is 0.152. The SMILES string of the molecule is CC(=O)Nc1ccc(OC(=O)Nc2cccc(C)c2)cc1. The van der Waals surface area contributed by atoms with Crippen molar-refractivity contribution in [2.45, 2.75) is 13.8 Å². The summed E-state index contributed by atoms with van der Waals surface area (Å²) in [5.74, 6) is 0.245. The smallest absolute Gasteiger partial charge is 0.410 e. The molecular weight excluding hydrogens is 268 g/mol. The van der Waals surface area contributed by atoms with Crippen LogP contribution < -0.4 is 15.4 Å². The van der Waals surface area contributed by atoms with Crippen molar-refractivity contribution in [2.75, 3.05) is 10.6 Å². The molecule has 0 aliphatic carbocycles. The summed E-state index contributed by atoms with van der Waals surface area (Å²) < 4.78 is 5.16. The molecule has 0 atom stereocenters. The second-order valence-corrected chi connectivity index (χ2v) is 4.59. The molecule has 2 N–H and O–H groups in total. The molecule has 0 saturated heterocycles. The Balaban J connectivity index is 1.95. The van der Waals surface area contributed by atoms with E-state index in [1.165, 1.54) is 6.92 Å². The fourth-order valence-electron chi connectivity index (χ4n) is 1.78. The minimum Gasteiger partial charge on any atom is -0.410 e. The topological polar surface area (TPSA) is 67.4 Å². The summed E-state index contributed by atoms with van der Waals surface area (Å²) in [6.45, 7) is 3.37. The van der Waals surface area contributed by atoms with Crippen molar-refractivity contribution in [3.05, 3.63) is 54.1 Å². The molecule has 0 bridgehead atoms. The highest BCUT2D eigenvalue weighted by Crippen LogP contribution is 2.17. The first-order valence-electron chi connectivity index (χ1n) is 6.46. The van der Waals surface area contributed by atoms with Gasteiger partial charge in [-0.1, -0.05) is 12.1 Å². The number of hydrogen-bond donors (Lipinski definition) is 2. The Hall–Kier alpha value is -2.82. The second-order valence-electron chi connectivity index (χ2n) is 4.59. The number of hydrogen-bond acceptors (Lipinski definition) is 3. The molecule has 0 aliphatic rings. The van der Waals surface area contributed by atoms with Gasteiger partial charge in [-0.05, 0) is 48.9 Å². The maximum atomic E-state index is 11.8. The first-order valence-corrected chi connectivity index (χ1v) is 6.46. The summed E-state index contributed by atoms with van der Waals surface area (Å²) in [7, 11) is 0. The van der Waals surface area contributed by atoms with E-state index in [1.54, 1.807) is 30.3 Å². The van der Waals surface area contributed by atoms with Gasteiger partial charge in [-0.15, -0.1) is 0 Å². The largest absolute Gasteiger partial charge is 0.417 e. The molecule has 5 nitrogen and oxygen atoms in total. The lowest BCUT2D eigenvalue weighted by Crippen LogP contribution is -2.16. The van der Waals surface area contributed by atoms with Crippen LogP contribution in [0.3, 0.4) is 0 Å². The molecule has 0 saturated carbocycles. The lowest BCUT2D eigenvalue weighted by Gasteiger charge is -2.08. The number of ether oxygens (including phenoxy) is 1. The zero-order chi connectivity index (χ0) is 15.2. The molecule has 0 aliphatic heterocycles. The Bertz CT molecular complexity index is 651. The van der Waals surface area contributed by atoms with Gasteiger partial charge in [-0.25, -0.2) is 4.79 Å². The van der Waals surface area contributed by atoms with Crippen LogP contribution in [0.5, 0.6) is 5.75 Å².